The molecule has 0 bridgehead atoms. The molecule has 0 spiro atoms. The summed E-state index contributed by atoms with van der Waals surface area (Å²) in [5, 5.41) is 1.40. The molecule has 21 heavy (non-hydrogen) atoms. The minimum Gasteiger partial charge on any atom is -0.344 e. The monoisotopic (exact) mass is 308 g/mol. The fourth-order valence-electron chi connectivity index (χ4n) is 2.75. The first kappa shape index (κ1) is 16.9. The van der Waals surface area contributed by atoms with Crippen molar-refractivity contribution in [2.45, 2.75) is 59.5 Å². The first-order valence-corrected chi connectivity index (χ1v) is 9.54. The van der Waals surface area contributed by atoms with Gasteiger partial charge in [0.05, 0.1) is 11.7 Å². The fourth-order valence-corrected chi connectivity index (χ4v) is 5.93. The standard InChI is InChI=1S/C18H29O2P/c1-12(2)16-19-17(13(3)4)21(18(20-16)14(5)6)15-10-8-7-9-11-15/h7-14,16-18H,1-6H3. The smallest absolute Gasteiger partial charge is 0.161 e. The van der Waals surface area contributed by atoms with E-state index < -0.39 is 7.92 Å². The van der Waals surface area contributed by atoms with E-state index in [4.69, 9.17) is 9.47 Å². The zero-order valence-electron chi connectivity index (χ0n) is 14.1. The fraction of sp³-hybridized carbons (Fsp3) is 0.667. The molecule has 0 N–H and O–H groups in total. The van der Waals surface area contributed by atoms with Gasteiger partial charge in [-0.3, -0.25) is 0 Å². The van der Waals surface area contributed by atoms with Crippen LogP contribution in [0.2, 0.25) is 0 Å². The highest BCUT2D eigenvalue weighted by atomic mass is 31.1. The maximum Gasteiger partial charge on any atom is 0.161 e. The van der Waals surface area contributed by atoms with Gasteiger partial charge < -0.3 is 9.47 Å². The van der Waals surface area contributed by atoms with Crippen molar-refractivity contribution in [3.05, 3.63) is 30.3 Å². The van der Waals surface area contributed by atoms with E-state index in [1.807, 2.05) is 0 Å². The van der Waals surface area contributed by atoms with Gasteiger partial charge in [0.15, 0.2) is 6.29 Å². The summed E-state index contributed by atoms with van der Waals surface area (Å²) < 4.78 is 12.7. The maximum absolute atomic E-state index is 6.36. The lowest BCUT2D eigenvalue weighted by Crippen LogP contribution is -2.45. The molecule has 2 rings (SSSR count). The van der Waals surface area contributed by atoms with Crippen LogP contribution in [0.25, 0.3) is 0 Å². The molecule has 0 radical (unpaired) electrons. The molecule has 1 aromatic carbocycles. The molecule has 0 aromatic heterocycles. The van der Waals surface area contributed by atoms with E-state index in [1.165, 1.54) is 5.30 Å². The molecule has 1 aliphatic heterocycles. The van der Waals surface area contributed by atoms with Crippen LogP contribution in [0.3, 0.4) is 0 Å². The Bertz CT molecular complexity index is 412. The summed E-state index contributed by atoms with van der Waals surface area (Å²) in [7, 11) is -0.468. The van der Waals surface area contributed by atoms with Crippen molar-refractivity contribution in [1.82, 2.24) is 0 Å². The molecule has 1 fully saturated rings. The topological polar surface area (TPSA) is 18.5 Å². The van der Waals surface area contributed by atoms with Crippen LogP contribution in [0.5, 0.6) is 0 Å². The Balaban J connectivity index is 2.37. The zero-order chi connectivity index (χ0) is 15.6. The number of hydrogen-bond acceptors (Lipinski definition) is 2. The van der Waals surface area contributed by atoms with E-state index in [2.05, 4.69) is 71.9 Å². The van der Waals surface area contributed by atoms with Gasteiger partial charge in [-0.1, -0.05) is 71.9 Å². The summed E-state index contributed by atoms with van der Waals surface area (Å²) >= 11 is 0. The van der Waals surface area contributed by atoms with Crippen molar-refractivity contribution in [2.24, 2.45) is 17.8 Å². The molecule has 0 amide bonds. The van der Waals surface area contributed by atoms with Crippen molar-refractivity contribution in [1.29, 1.82) is 0 Å². The molecule has 118 valence electrons. The highest BCUT2D eigenvalue weighted by Crippen LogP contribution is 2.55. The normalized spacial score (nSPS) is 30.3. The Hall–Kier alpha value is -0.430. The average Bonchev–Trinajstić information content (AvgIpc) is 2.46. The van der Waals surface area contributed by atoms with E-state index in [-0.39, 0.29) is 18.0 Å². The van der Waals surface area contributed by atoms with Gasteiger partial charge in [-0.15, -0.1) is 0 Å². The van der Waals surface area contributed by atoms with Crippen LogP contribution >= 0.6 is 7.92 Å². The SMILES string of the molecule is CC(C)C1OC(C(C)C)P(c2ccccc2)C(C(C)C)O1. The van der Waals surface area contributed by atoms with E-state index in [1.54, 1.807) is 0 Å². The molecule has 3 heteroatoms. The summed E-state index contributed by atoms with van der Waals surface area (Å²) in [6, 6.07) is 10.8. The summed E-state index contributed by atoms with van der Waals surface area (Å²) in [4.78, 5) is 0. The number of ether oxygens (including phenoxy) is 2. The summed E-state index contributed by atoms with van der Waals surface area (Å²) in [6.07, 6.45) is -0.0766. The van der Waals surface area contributed by atoms with Crippen LogP contribution in [0.1, 0.15) is 41.5 Å². The minimum atomic E-state index is -0.468. The molecule has 1 saturated heterocycles. The van der Waals surface area contributed by atoms with Gasteiger partial charge in [-0.05, 0) is 25.1 Å². The van der Waals surface area contributed by atoms with Gasteiger partial charge in [0.2, 0.25) is 0 Å². The van der Waals surface area contributed by atoms with Crippen molar-refractivity contribution in [2.75, 3.05) is 0 Å². The van der Waals surface area contributed by atoms with Crippen LogP contribution in [-0.4, -0.2) is 18.0 Å². The lowest BCUT2D eigenvalue weighted by atomic mass is 10.2. The Kier molecular flexibility index (Phi) is 5.82. The first-order chi connectivity index (χ1) is 9.91. The van der Waals surface area contributed by atoms with Gasteiger partial charge in [0, 0.05) is 5.92 Å². The van der Waals surface area contributed by atoms with Crippen molar-refractivity contribution in [3.63, 3.8) is 0 Å². The molecule has 0 aliphatic carbocycles. The highest BCUT2D eigenvalue weighted by Gasteiger charge is 2.43. The van der Waals surface area contributed by atoms with Gasteiger partial charge in [-0.2, -0.15) is 0 Å². The van der Waals surface area contributed by atoms with E-state index in [9.17, 15) is 0 Å². The second-order valence-electron chi connectivity index (χ2n) is 6.90. The zero-order valence-corrected chi connectivity index (χ0v) is 15.0. The Morgan fingerprint density at radius 3 is 1.62 bits per heavy atom. The molecule has 2 atom stereocenters. The third-order valence-corrected chi connectivity index (χ3v) is 7.26. The molecule has 1 aliphatic rings. The lowest BCUT2D eigenvalue weighted by Gasteiger charge is -2.47. The van der Waals surface area contributed by atoms with Gasteiger partial charge in [0.1, 0.15) is 0 Å². The Labute approximate surface area is 131 Å². The summed E-state index contributed by atoms with van der Waals surface area (Å²) in [6.45, 7) is 13.4. The van der Waals surface area contributed by atoms with Crippen LogP contribution in [-0.2, 0) is 9.47 Å². The lowest BCUT2D eigenvalue weighted by molar-refractivity contribution is -0.211. The van der Waals surface area contributed by atoms with Crippen molar-refractivity contribution >= 4 is 13.2 Å². The largest absolute Gasteiger partial charge is 0.344 e. The van der Waals surface area contributed by atoms with E-state index >= 15 is 0 Å². The van der Waals surface area contributed by atoms with Crippen LogP contribution < -0.4 is 5.30 Å². The quantitative estimate of drug-likeness (QED) is 0.745. The minimum absolute atomic E-state index is 0.0766. The predicted octanol–water partition coefficient (Wildman–Crippen LogP) is 4.79. The second kappa shape index (κ2) is 7.22. The van der Waals surface area contributed by atoms with Crippen LogP contribution in [0.15, 0.2) is 30.3 Å². The van der Waals surface area contributed by atoms with Crippen molar-refractivity contribution < 1.29 is 9.47 Å². The average molecular weight is 308 g/mol. The molecule has 1 heterocycles. The van der Waals surface area contributed by atoms with Gasteiger partial charge >= 0.3 is 0 Å². The molecular weight excluding hydrogens is 279 g/mol. The summed E-state index contributed by atoms with van der Waals surface area (Å²) in [5.41, 5.74) is 0. The number of hydrogen-bond donors (Lipinski definition) is 0. The van der Waals surface area contributed by atoms with Crippen LogP contribution in [0, 0.1) is 17.8 Å². The third-order valence-electron chi connectivity index (χ3n) is 3.83. The second-order valence-corrected chi connectivity index (χ2v) is 9.25. The maximum atomic E-state index is 6.36. The molecule has 1 aromatic rings. The first-order valence-electron chi connectivity index (χ1n) is 8.06. The van der Waals surface area contributed by atoms with Gasteiger partial charge in [-0.25, -0.2) is 0 Å². The summed E-state index contributed by atoms with van der Waals surface area (Å²) in [5.74, 6) is 1.94. The molecule has 2 unspecified atom stereocenters. The number of benzene rings is 1. The van der Waals surface area contributed by atoms with E-state index in [0.717, 1.165) is 0 Å². The predicted molar refractivity (Wildman–Crippen MR) is 91.0 cm³/mol. The molecular formula is C18H29O2P. The molecule has 2 nitrogen and oxygen atoms in total. The van der Waals surface area contributed by atoms with E-state index in [0.29, 0.717) is 17.8 Å². The highest BCUT2D eigenvalue weighted by molar-refractivity contribution is 7.66. The van der Waals surface area contributed by atoms with Crippen molar-refractivity contribution in [3.8, 4) is 0 Å². The number of rotatable bonds is 4. The molecule has 0 saturated carbocycles. The Morgan fingerprint density at radius 2 is 1.24 bits per heavy atom. The van der Waals surface area contributed by atoms with Gasteiger partial charge in [0.25, 0.3) is 0 Å². The van der Waals surface area contributed by atoms with Crippen LogP contribution in [0.4, 0.5) is 0 Å². The third kappa shape index (κ3) is 3.86. The Morgan fingerprint density at radius 1 is 0.762 bits per heavy atom.